The third-order valence-corrected chi connectivity index (χ3v) is 3.74. The van der Waals surface area contributed by atoms with Crippen LogP contribution in [0.4, 0.5) is 10.8 Å². The number of rotatable bonds is 4. The van der Waals surface area contributed by atoms with E-state index < -0.39 is 0 Å². The zero-order valence-corrected chi connectivity index (χ0v) is 10.6. The van der Waals surface area contributed by atoms with E-state index in [2.05, 4.69) is 21.5 Å². The highest BCUT2D eigenvalue weighted by Gasteiger charge is 2.18. The van der Waals surface area contributed by atoms with Gasteiger partial charge in [0.1, 0.15) is 10.8 Å². The van der Waals surface area contributed by atoms with Crippen LogP contribution in [0, 0.1) is 0 Å². The minimum absolute atomic E-state index is 0.591. The number of nitrogen functional groups attached to an aromatic ring is 1. The van der Waals surface area contributed by atoms with Crippen molar-refractivity contribution in [2.24, 2.45) is 0 Å². The highest BCUT2D eigenvalue weighted by molar-refractivity contribution is 7.10. The Labute approximate surface area is 101 Å². The maximum atomic E-state index is 5.60. The standard InChI is InChI=1S/C11H20N4S/c1-2-5-15-6-3-9(4-7-15)13-11-8-10(12)14-16-11/h8-9,13H,2-7H2,1H3,(H2,12,14). The van der Waals surface area contributed by atoms with E-state index in [1.807, 2.05) is 6.07 Å². The number of piperidine rings is 1. The number of likely N-dealkylation sites (tertiary alicyclic amines) is 1. The second-order valence-corrected chi connectivity index (χ2v) is 5.18. The first kappa shape index (κ1) is 11.7. The molecule has 0 amide bonds. The van der Waals surface area contributed by atoms with Crippen LogP contribution in [0.2, 0.25) is 0 Å². The van der Waals surface area contributed by atoms with Gasteiger partial charge in [-0.05, 0) is 37.3 Å². The fourth-order valence-electron chi connectivity index (χ4n) is 2.18. The van der Waals surface area contributed by atoms with Crippen LogP contribution in [0.3, 0.4) is 0 Å². The topological polar surface area (TPSA) is 54.2 Å². The van der Waals surface area contributed by atoms with E-state index in [1.54, 1.807) is 0 Å². The predicted octanol–water partition coefficient (Wildman–Crippen LogP) is 2.01. The van der Waals surface area contributed by atoms with Gasteiger partial charge < -0.3 is 16.0 Å². The van der Waals surface area contributed by atoms with E-state index in [4.69, 9.17) is 5.73 Å². The average Bonchev–Trinajstić information content (AvgIpc) is 2.67. The Morgan fingerprint density at radius 2 is 2.31 bits per heavy atom. The molecule has 0 aromatic carbocycles. The molecule has 0 atom stereocenters. The van der Waals surface area contributed by atoms with E-state index in [-0.39, 0.29) is 0 Å². The van der Waals surface area contributed by atoms with Gasteiger partial charge in [0, 0.05) is 25.2 Å². The summed E-state index contributed by atoms with van der Waals surface area (Å²) in [5, 5.41) is 4.62. The van der Waals surface area contributed by atoms with Gasteiger partial charge in [-0.1, -0.05) is 6.92 Å². The molecule has 90 valence electrons. The van der Waals surface area contributed by atoms with Crippen LogP contribution in [-0.2, 0) is 0 Å². The number of hydrogen-bond acceptors (Lipinski definition) is 5. The van der Waals surface area contributed by atoms with Crippen LogP contribution in [0.15, 0.2) is 6.07 Å². The molecule has 1 aliphatic rings. The predicted molar refractivity (Wildman–Crippen MR) is 69.9 cm³/mol. The largest absolute Gasteiger partial charge is 0.383 e. The van der Waals surface area contributed by atoms with Crippen molar-refractivity contribution in [2.45, 2.75) is 32.2 Å². The molecule has 1 saturated heterocycles. The molecule has 0 aliphatic carbocycles. The van der Waals surface area contributed by atoms with Crippen molar-refractivity contribution in [3.8, 4) is 0 Å². The molecule has 1 aromatic rings. The van der Waals surface area contributed by atoms with Crippen molar-refractivity contribution in [1.29, 1.82) is 0 Å². The summed E-state index contributed by atoms with van der Waals surface area (Å²) >= 11 is 1.45. The van der Waals surface area contributed by atoms with Gasteiger partial charge in [-0.25, -0.2) is 0 Å². The Balaban J connectivity index is 1.77. The van der Waals surface area contributed by atoms with Gasteiger partial charge in [0.2, 0.25) is 0 Å². The lowest BCUT2D eigenvalue weighted by Gasteiger charge is -2.32. The van der Waals surface area contributed by atoms with Crippen LogP contribution in [-0.4, -0.2) is 34.9 Å². The average molecular weight is 240 g/mol. The van der Waals surface area contributed by atoms with Gasteiger partial charge in [-0.15, -0.1) is 0 Å². The first-order valence-electron chi connectivity index (χ1n) is 5.99. The lowest BCUT2D eigenvalue weighted by Crippen LogP contribution is -2.39. The quantitative estimate of drug-likeness (QED) is 0.845. The van der Waals surface area contributed by atoms with E-state index in [0.29, 0.717) is 11.9 Å². The van der Waals surface area contributed by atoms with E-state index in [1.165, 1.54) is 50.4 Å². The SMILES string of the molecule is CCCN1CCC(Nc2cc(N)ns2)CC1. The third kappa shape index (κ3) is 3.09. The zero-order chi connectivity index (χ0) is 11.4. The van der Waals surface area contributed by atoms with Gasteiger partial charge in [0.15, 0.2) is 0 Å². The van der Waals surface area contributed by atoms with Crippen molar-refractivity contribution in [1.82, 2.24) is 9.27 Å². The Morgan fingerprint density at radius 1 is 1.56 bits per heavy atom. The minimum atomic E-state index is 0.591. The second kappa shape index (κ2) is 5.50. The second-order valence-electron chi connectivity index (χ2n) is 4.38. The molecule has 0 bridgehead atoms. The molecule has 2 heterocycles. The normalized spacial score (nSPS) is 18.8. The summed E-state index contributed by atoms with van der Waals surface area (Å²) in [6, 6.07) is 2.51. The zero-order valence-electron chi connectivity index (χ0n) is 9.78. The summed E-state index contributed by atoms with van der Waals surface area (Å²) in [4.78, 5) is 2.54. The molecule has 0 radical (unpaired) electrons. The van der Waals surface area contributed by atoms with Crippen LogP contribution in [0.1, 0.15) is 26.2 Å². The summed E-state index contributed by atoms with van der Waals surface area (Å²) in [7, 11) is 0. The number of nitrogens with two attached hydrogens (primary N) is 1. The Bertz CT molecular complexity index is 318. The van der Waals surface area contributed by atoms with Crippen LogP contribution in [0.25, 0.3) is 0 Å². The maximum absolute atomic E-state index is 5.60. The van der Waals surface area contributed by atoms with Gasteiger partial charge in [-0.3, -0.25) is 0 Å². The molecular formula is C11H20N4S. The van der Waals surface area contributed by atoms with Gasteiger partial charge >= 0.3 is 0 Å². The number of aromatic nitrogens is 1. The molecule has 1 aliphatic heterocycles. The molecule has 5 heteroatoms. The Morgan fingerprint density at radius 3 is 2.88 bits per heavy atom. The van der Waals surface area contributed by atoms with E-state index in [9.17, 15) is 0 Å². The van der Waals surface area contributed by atoms with Gasteiger partial charge in [-0.2, -0.15) is 4.37 Å². The van der Waals surface area contributed by atoms with Crippen molar-refractivity contribution >= 4 is 22.4 Å². The summed E-state index contributed by atoms with van der Waals surface area (Å²) in [5.41, 5.74) is 5.60. The number of nitrogens with zero attached hydrogens (tertiary/aromatic N) is 2. The first-order valence-corrected chi connectivity index (χ1v) is 6.76. The van der Waals surface area contributed by atoms with Crippen molar-refractivity contribution < 1.29 is 0 Å². The molecule has 2 rings (SSSR count). The fourth-order valence-corrected chi connectivity index (χ4v) is 2.82. The van der Waals surface area contributed by atoms with E-state index in [0.717, 1.165) is 5.00 Å². The molecule has 0 saturated carbocycles. The monoisotopic (exact) mass is 240 g/mol. The Kier molecular flexibility index (Phi) is 4.01. The van der Waals surface area contributed by atoms with Crippen LogP contribution < -0.4 is 11.1 Å². The maximum Gasteiger partial charge on any atom is 0.139 e. The summed E-state index contributed by atoms with van der Waals surface area (Å²) < 4.78 is 4.07. The minimum Gasteiger partial charge on any atom is -0.383 e. The molecule has 3 N–H and O–H groups in total. The lowest BCUT2D eigenvalue weighted by molar-refractivity contribution is 0.219. The third-order valence-electron chi connectivity index (χ3n) is 3.00. The van der Waals surface area contributed by atoms with Crippen molar-refractivity contribution in [3.05, 3.63) is 6.07 Å². The molecule has 16 heavy (non-hydrogen) atoms. The molecule has 4 nitrogen and oxygen atoms in total. The lowest BCUT2D eigenvalue weighted by atomic mass is 10.1. The summed E-state index contributed by atoms with van der Waals surface area (Å²) in [5.74, 6) is 0.621. The molecule has 0 unspecified atom stereocenters. The summed E-state index contributed by atoms with van der Waals surface area (Å²) in [6.07, 6.45) is 3.69. The van der Waals surface area contributed by atoms with Crippen molar-refractivity contribution in [2.75, 3.05) is 30.7 Å². The fraction of sp³-hybridized carbons (Fsp3) is 0.727. The van der Waals surface area contributed by atoms with Gasteiger partial charge in [0.25, 0.3) is 0 Å². The number of nitrogens with one attached hydrogen (secondary N) is 1. The molecule has 0 spiro atoms. The van der Waals surface area contributed by atoms with Crippen LogP contribution >= 0.6 is 11.5 Å². The smallest absolute Gasteiger partial charge is 0.139 e. The summed E-state index contributed by atoms with van der Waals surface area (Å²) in [6.45, 7) is 5.89. The van der Waals surface area contributed by atoms with Crippen molar-refractivity contribution in [3.63, 3.8) is 0 Å². The van der Waals surface area contributed by atoms with E-state index >= 15 is 0 Å². The number of hydrogen-bond donors (Lipinski definition) is 2. The highest BCUT2D eigenvalue weighted by atomic mass is 32.1. The molecule has 1 aromatic heterocycles. The molecule has 1 fully saturated rings. The van der Waals surface area contributed by atoms with Gasteiger partial charge in [0.05, 0.1) is 0 Å². The Hall–Kier alpha value is -0.810. The molecular weight excluding hydrogens is 220 g/mol. The van der Waals surface area contributed by atoms with Crippen LogP contribution in [0.5, 0.6) is 0 Å². The first-order chi connectivity index (χ1) is 7.78. The highest BCUT2D eigenvalue weighted by Crippen LogP contribution is 2.21. The number of anilines is 2.